The predicted octanol–water partition coefficient (Wildman–Crippen LogP) is 4.25. The molecule has 2 N–H and O–H groups in total. The highest BCUT2D eigenvalue weighted by atomic mass is 16.1. The molecule has 28 heavy (non-hydrogen) atoms. The Labute approximate surface area is 166 Å². The maximum absolute atomic E-state index is 12.4. The van der Waals surface area contributed by atoms with Gasteiger partial charge in [-0.15, -0.1) is 0 Å². The molecule has 0 saturated heterocycles. The summed E-state index contributed by atoms with van der Waals surface area (Å²) in [7, 11) is 4.02. The minimum absolute atomic E-state index is 0.153. The number of benzene rings is 2. The van der Waals surface area contributed by atoms with E-state index in [1.54, 1.807) is 12.3 Å². The van der Waals surface area contributed by atoms with Gasteiger partial charge in [0.2, 0.25) is 0 Å². The minimum atomic E-state index is -0.153. The van der Waals surface area contributed by atoms with E-state index in [0.29, 0.717) is 12.2 Å². The van der Waals surface area contributed by atoms with Crippen LogP contribution >= 0.6 is 0 Å². The van der Waals surface area contributed by atoms with Gasteiger partial charge in [0.15, 0.2) is 0 Å². The quantitative estimate of drug-likeness (QED) is 0.579. The molecule has 0 aliphatic carbocycles. The Bertz CT molecular complexity index is 892. The highest BCUT2D eigenvalue weighted by Gasteiger charge is 2.08. The molecule has 144 valence electrons. The number of hydrogen-bond acceptors (Lipinski definition) is 4. The molecular formula is C23H26N4O. The molecule has 2 aromatic carbocycles. The third-order valence-corrected chi connectivity index (χ3v) is 4.44. The Morgan fingerprint density at radius 3 is 2.43 bits per heavy atom. The Morgan fingerprint density at radius 1 is 0.964 bits per heavy atom. The third-order valence-electron chi connectivity index (χ3n) is 4.44. The van der Waals surface area contributed by atoms with Gasteiger partial charge in [-0.1, -0.05) is 30.3 Å². The molecule has 0 saturated carbocycles. The highest BCUT2D eigenvalue weighted by Crippen LogP contribution is 2.20. The highest BCUT2D eigenvalue weighted by molar-refractivity contribution is 5.93. The summed E-state index contributed by atoms with van der Waals surface area (Å²) >= 11 is 0. The van der Waals surface area contributed by atoms with Gasteiger partial charge in [0.25, 0.3) is 5.91 Å². The topological polar surface area (TPSA) is 57.3 Å². The molecule has 0 radical (unpaired) electrons. The Morgan fingerprint density at radius 2 is 1.71 bits per heavy atom. The van der Waals surface area contributed by atoms with Crippen LogP contribution in [0, 0.1) is 0 Å². The molecule has 0 unspecified atom stereocenters. The standard InChI is InChI=1S/C23H26N4O/c1-27(2)21-12-10-19(11-13-21)26-20-14-16-24-22(17-20)23(28)25-15-6-9-18-7-4-3-5-8-18/h3-5,7-8,10-14,16-17H,6,9,15H2,1-2H3,(H,24,26)(H,25,28). The summed E-state index contributed by atoms with van der Waals surface area (Å²) in [5.74, 6) is -0.153. The summed E-state index contributed by atoms with van der Waals surface area (Å²) in [4.78, 5) is 18.6. The zero-order chi connectivity index (χ0) is 19.8. The number of pyridine rings is 1. The van der Waals surface area contributed by atoms with Crippen LogP contribution in [-0.4, -0.2) is 31.5 Å². The molecule has 1 amide bonds. The summed E-state index contributed by atoms with van der Waals surface area (Å²) in [6.45, 7) is 0.624. The summed E-state index contributed by atoms with van der Waals surface area (Å²) in [5, 5.41) is 6.26. The van der Waals surface area contributed by atoms with Gasteiger partial charge < -0.3 is 15.5 Å². The van der Waals surface area contributed by atoms with Gasteiger partial charge in [0.1, 0.15) is 5.69 Å². The van der Waals surface area contributed by atoms with Crippen molar-refractivity contribution in [3.05, 3.63) is 84.2 Å². The molecule has 1 heterocycles. The van der Waals surface area contributed by atoms with E-state index in [1.165, 1.54) is 5.56 Å². The normalized spacial score (nSPS) is 10.4. The monoisotopic (exact) mass is 374 g/mol. The van der Waals surface area contributed by atoms with Gasteiger partial charge in [-0.3, -0.25) is 9.78 Å². The van der Waals surface area contributed by atoms with Crippen molar-refractivity contribution in [3.63, 3.8) is 0 Å². The van der Waals surface area contributed by atoms with Crippen molar-refractivity contribution in [2.24, 2.45) is 0 Å². The van der Waals surface area contributed by atoms with E-state index in [4.69, 9.17) is 0 Å². The fraction of sp³-hybridized carbons (Fsp3) is 0.217. The van der Waals surface area contributed by atoms with Crippen LogP contribution in [0.3, 0.4) is 0 Å². The van der Waals surface area contributed by atoms with Gasteiger partial charge in [-0.05, 0) is 54.8 Å². The minimum Gasteiger partial charge on any atom is -0.378 e. The molecule has 1 aromatic heterocycles. The van der Waals surface area contributed by atoms with Crippen LogP contribution in [0.1, 0.15) is 22.5 Å². The van der Waals surface area contributed by atoms with Crippen LogP contribution in [0.4, 0.5) is 17.1 Å². The zero-order valence-corrected chi connectivity index (χ0v) is 16.4. The first kappa shape index (κ1) is 19.4. The molecule has 0 aliphatic rings. The van der Waals surface area contributed by atoms with Crippen molar-refractivity contribution >= 4 is 23.0 Å². The number of rotatable bonds is 8. The summed E-state index contributed by atoms with van der Waals surface area (Å²) in [6, 6.07) is 22.0. The Balaban J connectivity index is 1.52. The zero-order valence-electron chi connectivity index (χ0n) is 16.4. The molecule has 3 rings (SSSR count). The SMILES string of the molecule is CN(C)c1ccc(Nc2ccnc(C(=O)NCCCc3ccccc3)c2)cc1. The van der Waals surface area contributed by atoms with Gasteiger partial charge >= 0.3 is 0 Å². The second kappa shape index (κ2) is 9.55. The maximum atomic E-state index is 12.4. The maximum Gasteiger partial charge on any atom is 0.269 e. The second-order valence-corrected chi connectivity index (χ2v) is 6.84. The number of nitrogens with zero attached hydrogens (tertiary/aromatic N) is 2. The molecule has 0 atom stereocenters. The second-order valence-electron chi connectivity index (χ2n) is 6.84. The molecule has 3 aromatic rings. The van der Waals surface area contributed by atoms with Crippen molar-refractivity contribution in [1.29, 1.82) is 0 Å². The lowest BCUT2D eigenvalue weighted by molar-refractivity contribution is 0.0948. The van der Waals surface area contributed by atoms with Crippen molar-refractivity contribution < 1.29 is 4.79 Å². The van der Waals surface area contributed by atoms with Crippen LogP contribution in [0.5, 0.6) is 0 Å². The molecule has 0 spiro atoms. The van der Waals surface area contributed by atoms with E-state index in [2.05, 4.69) is 32.7 Å². The van der Waals surface area contributed by atoms with Gasteiger partial charge in [0.05, 0.1) is 0 Å². The molecule has 0 aliphatic heterocycles. The number of carbonyl (C=O) groups excluding carboxylic acids is 1. The van der Waals surface area contributed by atoms with Crippen LogP contribution in [0.25, 0.3) is 0 Å². The number of nitrogens with one attached hydrogen (secondary N) is 2. The summed E-state index contributed by atoms with van der Waals surface area (Å²) < 4.78 is 0. The molecule has 0 fully saturated rings. The first-order valence-electron chi connectivity index (χ1n) is 9.44. The lowest BCUT2D eigenvalue weighted by atomic mass is 10.1. The number of amides is 1. The third kappa shape index (κ3) is 5.58. The number of carbonyl (C=O) groups is 1. The van der Waals surface area contributed by atoms with E-state index >= 15 is 0 Å². The number of anilines is 3. The smallest absolute Gasteiger partial charge is 0.269 e. The van der Waals surface area contributed by atoms with Crippen molar-refractivity contribution in [3.8, 4) is 0 Å². The molecular weight excluding hydrogens is 348 g/mol. The largest absolute Gasteiger partial charge is 0.378 e. The Hall–Kier alpha value is -3.34. The van der Waals surface area contributed by atoms with E-state index in [1.807, 2.05) is 62.6 Å². The summed E-state index contributed by atoms with van der Waals surface area (Å²) in [6.07, 6.45) is 3.49. The van der Waals surface area contributed by atoms with E-state index < -0.39 is 0 Å². The van der Waals surface area contributed by atoms with Crippen molar-refractivity contribution in [1.82, 2.24) is 10.3 Å². The molecule has 0 bridgehead atoms. The lowest BCUT2D eigenvalue weighted by Gasteiger charge is -2.13. The number of aromatic nitrogens is 1. The number of hydrogen-bond donors (Lipinski definition) is 2. The fourth-order valence-corrected chi connectivity index (χ4v) is 2.87. The van der Waals surface area contributed by atoms with E-state index in [9.17, 15) is 4.79 Å². The lowest BCUT2D eigenvalue weighted by Crippen LogP contribution is -2.25. The fourth-order valence-electron chi connectivity index (χ4n) is 2.87. The first-order chi connectivity index (χ1) is 13.6. The van der Waals surface area contributed by atoms with Crippen LogP contribution < -0.4 is 15.5 Å². The van der Waals surface area contributed by atoms with Gasteiger partial charge in [-0.25, -0.2) is 0 Å². The average Bonchev–Trinajstić information content (AvgIpc) is 2.72. The average molecular weight is 374 g/mol. The molecule has 5 nitrogen and oxygen atoms in total. The van der Waals surface area contributed by atoms with E-state index in [-0.39, 0.29) is 5.91 Å². The summed E-state index contributed by atoms with van der Waals surface area (Å²) in [5.41, 5.74) is 4.62. The van der Waals surface area contributed by atoms with E-state index in [0.717, 1.165) is 29.9 Å². The molecule has 5 heteroatoms. The van der Waals surface area contributed by atoms with Gasteiger partial charge in [0, 0.05) is 43.9 Å². The van der Waals surface area contributed by atoms with Crippen LogP contribution in [0.2, 0.25) is 0 Å². The van der Waals surface area contributed by atoms with Gasteiger partial charge in [-0.2, -0.15) is 0 Å². The van der Waals surface area contributed by atoms with Crippen molar-refractivity contribution in [2.75, 3.05) is 30.9 Å². The van der Waals surface area contributed by atoms with Crippen LogP contribution in [-0.2, 0) is 6.42 Å². The van der Waals surface area contributed by atoms with Crippen molar-refractivity contribution in [2.45, 2.75) is 12.8 Å². The first-order valence-corrected chi connectivity index (χ1v) is 9.44. The van der Waals surface area contributed by atoms with Crippen LogP contribution in [0.15, 0.2) is 72.9 Å². The Kier molecular flexibility index (Phi) is 6.63. The number of aryl methyl sites for hydroxylation is 1. The predicted molar refractivity (Wildman–Crippen MR) is 115 cm³/mol.